The zero-order chi connectivity index (χ0) is 6.20. The summed E-state index contributed by atoms with van der Waals surface area (Å²) in [4.78, 5) is 8.99. The second-order valence-electron chi connectivity index (χ2n) is 1.43. The second-order valence-corrected chi connectivity index (χ2v) is 6.19. The molecule has 0 radical (unpaired) electrons. The van der Waals surface area contributed by atoms with Gasteiger partial charge in [0.2, 0.25) is 0 Å². The van der Waals surface area contributed by atoms with Crippen molar-refractivity contribution in [1.82, 2.24) is 0 Å². The molecule has 6 heteroatoms. The zero-order valence-electron chi connectivity index (χ0n) is 3.80. The van der Waals surface area contributed by atoms with Gasteiger partial charge in [0.15, 0.2) is 0 Å². The number of alkyl halides is 1. The van der Waals surface area contributed by atoms with E-state index in [4.69, 9.17) is 11.5 Å². The first kappa shape index (κ1) is 7.41. The monoisotopic (exact) mass is 343 g/mol. The summed E-state index contributed by atoms with van der Waals surface area (Å²) in [6.07, 6.45) is 0. The van der Waals surface area contributed by atoms with E-state index in [0.717, 1.165) is 0 Å². The molecule has 1 aliphatic heterocycles. The van der Waals surface area contributed by atoms with Crippen LogP contribution in [0.1, 0.15) is 0 Å². The van der Waals surface area contributed by atoms with Crippen LogP contribution in [0.4, 0.5) is 0 Å². The van der Waals surface area contributed by atoms with Gasteiger partial charge in [0.05, 0.1) is 0 Å². The SMILES string of the molecule is NC1(N)OOC1[I-]I. The Morgan fingerprint density at radius 2 is 2.25 bits per heavy atom. The first-order valence-corrected chi connectivity index (χ1v) is 9.36. The minimum atomic E-state index is -0.992. The van der Waals surface area contributed by atoms with Crippen molar-refractivity contribution in [2.24, 2.45) is 11.5 Å². The molecule has 0 spiro atoms. The molecule has 0 aliphatic carbocycles. The van der Waals surface area contributed by atoms with Gasteiger partial charge in [-0.25, -0.2) is 0 Å². The van der Waals surface area contributed by atoms with E-state index in [9.17, 15) is 0 Å². The van der Waals surface area contributed by atoms with Crippen LogP contribution >= 0.6 is 18.6 Å². The van der Waals surface area contributed by atoms with E-state index >= 15 is 0 Å². The summed E-state index contributed by atoms with van der Waals surface area (Å²) >= 11 is 2.15. The molecule has 4 nitrogen and oxygen atoms in total. The summed E-state index contributed by atoms with van der Waals surface area (Å²) in [5, 5.41) is 0. The Hall–Kier alpha value is 1.30. The van der Waals surface area contributed by atoms with Crippen LogP contribution in [0.3, 0.4) is 0 Å². The van der Waals surface area contributed by atoms with Gasteiger partial charge in [-0.15, -0.1) is 0 Å². The molecule has 0 aromatic heterocycles. The van der Waals surface area contributed by atoms with E-state index in [1.807, 2.05) is 0 Å². The van der Waals surface area contributed by atoms with Gasteiger partial charge in [0.1, 0.15) is 0 Å². The summed E-state index contributed by atoms with van der Waals surface area (Å²) in [7, 11) is 0. The van der Waals surface area contributed by atoms with Gasteiger partial charge in [0.25, 0.3) is 0 Å². The van der Waals surface area contributed by atoms with Crippen molar-refractivity contribution in [3.8, 4) is 0 Å². The molecular weight excluding hydrogens is 338 g/mol. The third-order valence-electron chi connectivity index (χ3n) is 0.707. The van der Waals surface area contributed by atoms with Crippen LogP contribution in [0, 0.1) is 0 Å². The van der Waals surface area contributed by atoms with Crippen LogP contribution in [-0.2, 0) is 9.78 Å². The van der Waals surface area contributed by atoms with Gasteiger partial charge >= 0.3 is 67.0 Å². The van der Waals surface area contributed by atoms with Crippen LogP contribution < -0.4 is 28.7 Å². The van der Waals surface area contributed by atoms with Gasteiger partial charge in [-0.1, -0.05) is 0 Å². The molecular formula is C2H5I2N2O2-. The van der Waals surface area contributed by atoms with E-state index in [1.54, 1.807) is 0 Å². The van der Waals surface area contributed by atoms with E-state index in [1.165, 1.54) is 0 Å². The number of hydrogen-bond donors (Lipinski definition) is 2. The van der Waals surface area contributed by atoms with Gasteiger partial charge in [-0.2, -0.15) is 0 Å². The maximum absolute atomic E-state index is 5.33. The number of halogens is 2. The van der Waals surface area contributed by atoms with Crippen molar-refractivity contribution >= 4 is 18.6 Å². The first-order valence-electron chi connectivity index (χ1n) is 1.83. The van der Waals surface area contributed by atoms with Crippen molar-refractivity contribution in [2.45, 2.75) is 9.96 Å². The Morgan fingerprint density at radius 1 is 1.62 bits per heavy atom. The number of nitrogens with two attached hydrogens (primary N) is 2. The summed E-state index contributed by atoms with van der Waals surface area (Å²) < 4.78 is -0.0399. The molecule has 1 unspecified atom stereocenters. The Kier molecular flexibility index (Phi) is 2.32. The average molecular weight is 343 g/mol. The third-order valence-corrected chi connectivity index (χ3v) is 5.18. The van der Waals surface area contributed by atoms with Crippen molar-refractivity contribution in [3.63, 3.8) is 0 Å². The van der Waals surface area contributed by atoms with Gasteiger partial charge in [0, 0.05) is 0 Å². The third kappa shape index (κ3) is 1.24. The Bertz CT molecular complexity index is 96.0. The molecule has 1 aliphatic rings. The van der Waals surface area contributed by atoms with Crippen molar-refractivity contribution < 1.29 is 27.0 Å². The maximum atomic E-state index is 5.33. The molecule has 0 bridgehead atoms. The summed E-state index contributed by atoms with van der Waals surface area (Å²) in [5.41, 5.74) is 10.7. The summed E-state index contributed by atoms with van der Waals surface area (Å²) in [6, 6.07) is 0. The molecule has 0 saturated carbocycles. The van der Waals surface area contributed by atoms with Crippen molar-refractivity contribution in [1.29, 1.82) is 0 Å². The molecule has 8 heavy (non-hydrogen) atoms. The molecule has 1 rings (SSSR count). The van der Waals surface area contributed by atoms with Gasteiger partial charge in [-0.3, -0.25) is 0 Å². The zero-order valence-corrected chi connectivity index (χ0v) is 8.12. The molecule has 1 atom stereocenters. The number of hydrogen-bond acceptors (Lipinski definition) is 4. The van der Waals surface area contributed by atoms with Crippen LogP contribution in [0.25, 0.3) is 0 Å². The van der Waals surface area contributed by atoms with E-state index in [0.29, 0.717) is 0 Å². The Morgan fingerprint density at radius 3 is 2.25 bits per heavy atom. The molecule has 0 aromatic carbocycles. The fraction of sp³-hybridized carbons (Fsp3) is 1.00. The summed E-state index contributed by atoms with van der Waals surface area (Å²) in [5.74, 6) is -0.992. The average Bonchev–Trinajstić information content (AvgIpc) is 1.66. The first-order chi connectivity index (χ1) is 3.67. The molecule has 50 valence electrons. The number of rotatable bonds is 1. The van der Waals surface area contributed by atoms with Gasteiger partial charge < -0.3 is 0 Å². The topological polar surface area (TPSA) is 70.5 Å². The normalized spacial score (nSPS) is 34.6. The second kappa shape index (κ2) is 2.50. The van der Waals surface area contributed by atoms with Crippen molar-refractivity contribution in [2.75, 3.05) is 0 Å². The molecule has 0 aromatic rings. The van der Waals surface area contributed by atoms with Crippen molar-refractivity contribution in [3.05, 3.63) is 0 Å². The molecule has 1 saturated heterocycles. The van der Waals surface area contributed by atoms with Crippen LogP contribution in [0.15, 0.2) is 0 Å². The molecule has 1 fully saturated rings. The predicted molar refractivity (Wildman–Crippen MR) is 31.1 cm³/mol. The Labute approximate surface area is 66.6 Å². The van der Waals surface area contributed by atoms with Crippen LogP contribution in [-0.4, -0.2) is 9.96 Å². The van der Waals surface area contributed by atoms with Crippen LogP contribution in [0.2, 0.25) is 0 Å². The molecule has 0 amide bonds. The standard InChI is InChI=1S/C2H5I2N2O2/c3-4-1-2(5,6)8-7-1/h1H,5-6H2/q-1. The predicted octanol–water partition coefficient (Wildman–Crippen LogP) is -3.72. The Balaban J connectivity index is 2.37. The fourth-order valence-corrected chi connectivity index (χ4v) is 3.92. The summed E-state index contributed by atoms with van der Waals surface area (Å²) in [6.45, 7) is 0. The van der Waals surface area contributed by atoms with E-state index < -0.39 is 5.85 Å². The van der Waals surface area contributed by atoms with Crippen LogP contribution in [0.5, 0.6) is 0 Å². The van der Waals surface area contributed by atoms with E-state index in [-0.39, 0.29) is 21.3 Å². The van der Waals surface area contributed by atoms with Gasteiger partial charge in [-0.05, 0) is 0 Å². The minimum absolute atomic E-state index is 0.0399. The fourth-order valence-electron chi connectivity index (χ4n) is 0.274. The molecule has 4 N–H and O–H groups in total. The quantitative estimate of drug-likeness (QED) is 0.223. The van der Waals surface area contributed by atoms with E-state index in [2.05, 4.69) is 28.4 Å². The molecule has 1 heterocycles.